The van der Waals surface area contributed by atoms with E-state index in [0.29, 0.717) is 19.0 Å². The molecule has 0 amide bonds. The van der Waals surface area contributed by atoms with Gasteiger partial charge >= 0.3 is 0 Å². The van der Waals surface area contributed by atoms with Gasteiger partial charge in [-0.15, -0.1) is 5.10 Å². The molecule has 0 radical (unpaired) electrons. The number of anilines is 2. The molecule has 1 aromatic carbocycles. The molecule has 1 aliphatic heterocycles. The van der Waals surface area contributed by atoms with Crippen LogP contribution in [-0.2, 0) is 10.0 Å². The fraction of sp³-hybridized carbons (Fsp3) is 0.444. The van der Waals surface area contributed by atoms with E-state index in [2.05, 4.69) is 25.1 Å². The smallest absolute Gasteiger partial charge is 0.240 e. The van der Waals surface area contributed by atoms with Crippen LogP contribution in [0.2, 0.25) is 0 Å². The molecule has 1 fully saturated rings. The van der Waals surface area contributed by atoms with Crippen molar-refractivity contribution in [1.29, 1.82) is 0 Å². The Morgan fingerprint density at radius 3 is 2.71 bits per heavy atom. The Kier molecular flexibility index (Phi) is 6.63. The Morgan fingerprint density at radius 1 is 1.21 bits per heavy atom. The molecule has 0 aliphatic carbocycles. The Balaban J connectivity index is 1.53. The fourth-order valence-corrected chi connectivity index (χ4v) is 4.01. The van der Waals surface area contributed by atoms with E-state index in [9.17, 15) is 12.8 Å². The largest absolute Gasteiger partial charge is 0.491 e. The highest BCUT2D eigenvalue weighted by atomic mass is 32.2. The highest BCUT2D eigenvalue weighted by Gasteiger charge is 2.17. The van der Waals surface area contributed by atoms with E-state index >= 15 is 0 Å². The van der Waals surface area contributed by atoms with Crippen molar-refractivity contribution in [2.75, 3.05) is 43.0 Å². The van der Waals surface area contributed by atoms with Crippen molar-refractivity contribution in [3.63, 3.8) is 0 Å². The van der Waals surface area contributed by atoms with Gasteiger partial charge in [0.05, 0.1) is 23.4 Å². The molecule has 2 N–H and O–H groups in total. The molecule has 2 aromatic rings. The minimum Gasteiger partial charge on any atom is -0.491 e. The molecule has 10 heteroatoms. The molecule has 0 atom stereocenters. The van der Waals surface area contributed by atoms with Crippen LogP contribution >= 0.6 is 0 Å². The standard InChI is InChI=1S/C18H24FN5O3S/c1-2-27-17-6-5-15(12-16(17)19)28(25,26)22-8-7-20-18-11-14(13-21-23-18)24-9-3-4-10-24/h5-6,11-13,22H,2-4,7-10H2,1H3,(H,20,23). The van der Waals surface area contributed by atoms with Crippen molar-refractivity contribution < 1.29 is 17.5 Å². The molecule has 28 heavy (non-hydrogen) atoms. The molecular formula is C18H24FN5O3S. The maximum absolute atomic E-state index is 13.9. The zero-order valence-corrected chi connectivity index (χ0v) is 16.5. The number of hydrogen-bond donors (Lipinski definition) is 2. The van der Waals surface area contributed by atoms with E-state index < -0.39 is 15.8 Å². The van der Waals surface area contributed by atoms with Gasteiger partial charge in [-0.05, 0) is 38.0 Å². The minimum absolute atomic E-state index is 0.0274. The summed E-state index contributed by atoms with van der Waals surface area (Å²) >= 11 is 0. The molecular weight excluding hydrogens is 385 g/mol. The van der Waals surface area contributed by atoms with Crippen molar-refractivity contribution >= 4 is 21.5 Å². The molecule has 0 saturated carbocycles. The van der Waals surface area contributed by atoms with Crippen molar-refractivity contribution in [2.45, 2.75) is 24.7 Å². The number of halogens is 1. The van der Waals surface area contributed by atoms with E-state index in [-0.39, 0.29) is 17.2 Å². The first-order valence-corrected chi connectivity index (χ1v) is 10.7. The van der Waals surface area contributed by atoms with Crippen molar-refractivity contribution in [3.8, 4) is 5.75 Å². The summed E-state index contributed by atoms with van der Waals surface area (Å²) in [5.74, 6) is -0.105. The van der Waals surface area contributed by atoms with Gasteiger partial charge in [0, 0.05) is 32.2 Å². The van der Waals surface area contributed by atoms with Crippen LogP contribution in [0.25, 0.3) is 0 Å². The Bertz CT molecular complexity index is 904. The average molecular weight is 409 g/mol. The molecule has 0 bridgehead atoms. The van der Waals surface area contributed by atoms with Crippen LogP contribution in [-0.4, -0.2) is 51.4 Å². The van der Waals surface area contributed by atoms with E-state index in [0.717, 1.165) is 24.8 Å². The maximum atomic E-state index is 13.9. The molecule has 0 unspecified atom stereocenters. The van der Waals surface area contributed by atoms with Gasteiger partial charge in [0.25, 0.3) is 0 Å². The lowest BCUT2D eigenvalue weighted by molar-refractivity contribution is 0.321. The van der Waals surface area contributed by atoms with Gasteiger partial charge < -0.3 is 15.0 Å². The SMILES string of the molecule is CCOc1ccc(S(=O)(=O)NCCNc2cc(N3CCCC3)cnn2)cc1F. The van der Waals surface area contributed by atoms with Gasteiger partial charge in [-0.2, -0.15) is 5.10 Å². The molecule has 2 heterocycles. The third kappa shape index (κ3) is 5.08. The summed E-state index contributed by atoms with van der Waals surface area (Å²) in [6, 6.07) is 5.47. The number of hydrogen-bond acceptors (Lipinski definition) is 7. The van der Waals surface area contributed by atoms with E-state index in [4.69, 9.17) is 4.74 Å². The summed E-state index contributed by atoms with van der Waals surface area (Å²) in [6.45, 7) is 4.47. The van der Waals surface area contributed by atoms with Gasteiger partial charge in [0.2, 0.25) is 10.0 Å². The third-order valence-electron chi connectivity index (χ3n) is 4.35. The number of benzene rings is 1. The van der Waals surface area contributed by atoms with Gasteiger partial charge in [-0.3, -0.25) is 0 Å². The minimum atomic E-state index is -3.82. The summed E-state index contributed by atoms with van der Waals surface area (Å²) in [5.41, 5.74) is 1.00. The second-order valence-electron chi connectivity index (χ2n) is 6.34. The van der Waals surface area contributed by atoms with Crippen LogP contribution in [0.3, 0.4) is 0 Å². The van der Waals surface area contributed by atoms with Crippen LogP contribution in [0, 0.1) is 5.82 Å². The van der Waals surface area contributed by atoms with Gasteiger partial charge in [0.1, 0.15) is 0 Å². The predicted octanol–water partition coefficient (Wildman–Crippen LogP) is 2.00. The van der Waals surface area contributed by atoms with Crippen molar-refractivity contribution in [1.82, 2.24) is 14.9 Å². The molecule has 8 nitrogen and oxygen atoms in total. The van der Waals surface area contributed by atoms with Gasteiger partial charge in [-0.25, -0.2) is 17.5 Å². The van der Waals surface area contributed by atoms with E-state index in [1.165, 1.54) is 25.0 Å². The molecule has 3 rings (SSSR count). The summed E-state index contributed by atoms with van der Waals surface area (Å²) in [4.78, 5) is 2.09. The van der Waals surface area contributed by atoms with Crippen LogP contribution < -0.4 is 19.7 Å². The first-order valence-electron chi connectivity index (χ1n) is 9.23. The van der Waals surface area contributed by atoms with Crippen LogP contribution in [0.5, 0.6) is 5.75 Å². The summed E-state index contributed by atoms with van der Waals surface area (Å²) < 4.78 is 46.0. The summed E-state index contributed by atoms with van der Waals surface area (Å²) in [6.07, 6.45) is 4.05. The normalized spacial score (nSPS) is 14.3. The Hall–Kier alpha value is -2.46. The highest BCUT2D eigenvalue weighted by Crippen LogP contribution is 2.22. The molecule has 1 aromatic heterocycles. The lowest BCUT2D eigenvalue weighted by atomic mass is 10.3. The summed E-state index contributed by atoms with van der Waals surface area (Å²) in [5, 5.41) is 11.1. The molecule has 0 spiro atoms. The Labute approximate surface area is 164 Å². The van der Waals surface area contributed by atoms with Crippen molar-refractivity contribution in [3.05, 3.63) is 36.3 Å². The lowest BCUT2D eigenvalue weighted by Crippen LogP contribution is -2.29. The molecule has 1 saturated heterocycles. The Morgan fingerprint density at radius 2 is 2.00 bits per heavy atom. The lowest BCUT2D eigenvalue weighted by Gasteiger charge is -2.17. The number of rotatable bonds is 9. The number of nitrogens with one attached hydrogen (secondary N) is 2. The van der Waals surface area contributed by atoms with Crippen LogP contribution in [0.4, 0.5) is 15.9 Å². The van der Waals surface area contributed by atoms with E-state index in [1.807, 2.05) is 6.07 Å². The fourth-order valence-electron chi connectivity index (χ4n) is 2.97. The number of ether oxygens (including phenoxy) is 1. The second-order valence-corrected chi connectivity index (χ2v) is 8.11. The highest BCUT2D eigenvalue weighted by molar-refractivity contribution is 7.89. The first-order chi connectivity index (χ1) is 13.5. The zero-order valence-electron chi connectivity index (χ0n) is 15.7. The molecule has 1 aliphatic rings. The molecule has 152 valence electrons. The monoisotopic (exact) mass is 409 g/mol. The predicted molar refractivity (Wildman–Crippen MR) is 105 cm³/mol. The van der Waals surface area contributed by atoms with Crippen molar-refractivity contribution in [2.24, 2.45) is 0 Å². The van der Waals surface area contributed by atoms with Crippen LogP contribution in [0.1, 0.15) is 19.8 Å². The third-order valence-corrected chi connectivity index (χ3v) is 5.81. The summed E-state index contributed by atoms with van der Waals surface area (Å²) in [7, 11) is -3.82. The number of nitrogens with zero attached hydrogens (tertiary/aromatic N) is 3. The van der Waals surface area contributed by atoms with E-state index in [1.54, 1.807) is 13.1 Å². The van der Waals surface area contributed by atoms with Gasteiger partial charge in [-0.1, -0.05) is 0 Å². The first kappa shape index (κ1) is 20.3. The van der Waals surface area contributed by atoms with Gasteiger partial charge in [0.15, 0.2) is 17.4 Å². The topological polar surface area (TPSA) is 96.5 Å². The number of sulfonamides is 1. The zero-order chi connectivity index (χ0) is 20.0. The number of aromatic nitrogens is 2. The van der Waals surface area contributed by atoms with Crippen LogP contribution in [0.15, 0.2) is 35.4 Å². The maximum Gasteiger partial charge on any atom is 0.240 e. The quantitative estimate of drug-likeness (QED) is 0.612. The average Bonchev–Trinajstić information content (AvgIpc) is 3.22. The second kappa shape index (κ2) is 9.16.